The average Bonchev–Trinajstić information content (AvgIpc) is 3.05. The number of hydrogen-bond acceptors (Lipinski definition) is 4. The van der Waals surface area contributed by atoms with Crippen molar-refractivity contribution in [3.05, 3.63) is 10.6 Å². The molecule has 1 atom stereocenters. The predicted octanol–water partition coefficient (Wildman–Crippen LogP) is 2.56. The van der Waals surface area contributed by atoms with E-state index in [9.17, 15) is 18.0 Å². The zero-order chi connectivity index (χ0) is 14.3. The smallest absolute Gasteiger partial charge is 0.337 e. The van der Waals surface area contributed by atoms with E-state index in [1.54, 1.807) is 6.92 Å². The Labute approximate surface area is 112 Å². The first-order valence-electron chi connectivity index (χ1n) is 6.00. The molecule has 0 saturated heterocycles. The first kappa shape index (κ1) is 14.2. The zero-order valence-electron chi connectivity index (χ0n) is 10.5. The second-order valence-electron chi connectivity index (χ2n) is 4.83. The van der Waals surface area contributed by atoms with Crippen molar-refractivity contribution in [2.75, 3.05) is 0 Å². The molecule has 0 radical (unpaired) electrons. The van der Waals surface area contributed by atoms with Crippen molar-refractivity contribution >= 4 is 17.4 Å². The Morgan fingerprint density at radius 1 is 1.47 bits per heavy atom. The van der Waals surface area contributed by atoms with Crippen molar-refractivity contribution in [3.8, 4) is 0 Å². The minimum atomic E-state index is -4.46. The fourth-order valence-electron chi connectivity index (χ4n) is 1.97. The molecule has 0 aliphatic heterocycles. The maximum Gasteiger partial charge on any atom is 0.411 e. The van der Waals surface area contributed by atoms with E-state index in [1.807, 2.05) is 0 Å². The van der Waals surface area contributed by atoms with Crippen LogP contribution in [-0.2, 0) is 6.42 Å². The predicted molar refractivity (Wildman–Crippen MR) is 63.9 cm³/mol. The number of alkyl halides is 3. The van der Waals surface area contributed by atoms with E-state index in [1.165, 1.54) is 0 Å². The number of hydrogen-bond donors (Lipinski definition) is 1. The van der Waals surface area contributed by atoms with Crippen LogP contribution in [-0.4, -0.2) is 27.2 Å². The van der Waals surface area contributed by atoms with Gasteiger partial charge >= 0.3 is 6.18 Å². The first-order chi connectivity index (χ1) is 8.79. The molecule has 1 N–H and O–H groups in total. The van der Waals surface area contributed by atoms with Gasteiger partial charge in [0.2, 0.25) is 0 Å². The van der Waals surface area contributed by atoms with Crippen molar-refractivity contribution in [2.24, 2.45) is 5.92 Å². The Morgan fingerprint density at radius 2 is 2.11 bits per heavy atom. The molecule has 1 aromatic heterocycles. The summed E-state index contributed by atoms with van der Waals surface area (Å²) in [4.78, 5) is 12.2. The molecular weight excluding hydrogens is 279 g/mol. The standard InChI is InChI=1S/C11H14F3N3OS/c1-3-7-8(19-17-16-7)9(18)15-10(2,6-4-5-6)11(12,13)14/h6H,3-5H2,1-2H3,(H,15,18). The molecule has 1 heterocycles. The molecule has 1 aliphatic rings. The van der Waals surface area contributed by atoms with Crippen molar-refractivity contribution in [2.45, 2.75) is 44.8 Å². The zero-order valence-corrected chi connectivity index (χ0v) is 11.4. The van der Waals surface area contributed by atoms with Crippen LogP contribution in [0.4, 0.5) is 13.2 Å². The largest absolute Gasteiger partial charge is 0.411 e. The highest BCUT2D eigenvalue weighted by molar-refractivity contribution is 7.08. The van der Waals surface area contributed by atoms with Crippen LogP contribution in [0.5, 0.6) is 0 Å². The molecular formula is C11H14F3N3OS. The molecule has 1 amide bonds. The van der Waals surface area contributed by atoms with Crippen molar-refractivity contribution < 1.29 is 18.0 Å². The highest BCUT2D eigenvalue weighted by Gasteiger charge is 2.60. The molecule has 19 heavy (non-hydrogen) atoms. The Morgan fingerprint density at radius 3 is 2.58 bits per heavy atom. The molecule has 0 spiro atoms. The van der Waals surface area contributed by atoms with E-state index < -0.39 is 23.5 Å². The number of aromatic nitrogens is 2. The van der Waals surface area contributed by atoms with E-state index in [0.29, 0.717) is 25.0 Å². The monoisotopic (exact) mass is 293 g/mol. The first-order valence-corrected chi connectivity index (χ1v) is 6.77. The number of nitrogens with zero attached hydrogens (tertiary/aromatic N) is 2. The van der Waals surface area contributed by atoms with Gasteiger partial charge in [0.25, 0.3) is 5.91 Å². The number of carbonyl (C=O) groups is 1. The number of nitrogens with one attached hydrogen (secondary N) is 1. The van der Waals surface area contributed by atoms with Crippen LogP contribution in [0.2, 0.25) is 0 Å². The van der Waals surface area contributed by atoms with Gasteiger partial charge in [-0.3, -0.25) is 4.79 Å². The minimum Gasteiger partial charge on any atom is -0.337 e. The van der Waals surface area contributed by atoms with Gasteiger partial charge in [-0.25, -0.2) is 0 Å². The maximum absolute atomic E-state index is 13.1. The third-order valence-electron chi connectivity index (χ3n) is 3.45. The number of carbonyl (C=O) groups excluding carboxylic acids is 1. The molecule has 1 aliphatic carbocycles. The fraction of sp³-hybridized carbons (Fsp3) is 0.727. The molecule has 8 heteroatoms. The van der Waals surface area contributed by atoms with Crippen LogP contribution in [0.25, 0.3) is 0 Å². The Hall–Kier alpha value is -1.18. The van der Waals surface area contributed by atoms with Gasteiger partial charge in [-0.1, -0.05) is 11.4 Å². The lowest BCUT2D eigenvalue weighted by Crippen LogP contribution is -2.58. The number of aryl methyl sites for hydroxylation is 1. The van der Waals surface area contributed by atoms with E-state index in [-0.39, 0.29) is 4.88 Å². The summed E-state index contributed by atoms with van der Waals surface area (Å²) < 4.78 is 43.0. The van der Waals surface area contributed by atoms with Crippen LogP contribution in [0, 0.1) is 5.92 Å². The number of amides is 1. The van der Waals surface area contributed by atoms with Gasteiger partial charge in [-0.05, 0) is 43.6 Å². The quantitative estimate of drug-likeness (QED) is 0.928. The number of halogens is 3. The van der Waals surface area contributed by atoms with Gasteiger partial charge in [0.1, 0.15) is 10.4 Å². The minimum absolute atomic E-state index is 0.165. The summed E-state index contributed by atoms with van der Waals surface area (Å²) in [5.41, 5.74) is -1.73. The van der Waals surface area contributed by atoms with E-state index in [4.69, 9.17) is 0 Å². The molecule has 1 fully saturated rings. The molecule has 1 saturated carbocycles. The van der Waals surface area contributed by atoms with Crippen molar-refractivity contribution in [1.82, 2.24) is 14.9 Å². The molecule has 106 valence electrons. The van der Waals surface area contributed by atoms with Crippen molar-refractivity contribution in [1.29, 1.82) is 0 Å². The Bertz CT molecular complexity index is 484. The summed E-state index contributed by atoms with van der Waals surface area (Å²) >= 11 is 0.825. The van der Waals surface area contributed by atoms with Crippen LogP contribution in [0.15, 0.2) is 0 Å². The number of rotatable bonds is 4. The highest BCUT2D eigenvalue weighted by atomic mass is 32.1. The van der Waals surface area contributed by atoms with Gasteiger partial charge in [0.05, 0.1) is 5.69 Å². The van der Waals surface area contributed by atoms with Gasteiger partial charge in [0.15, 0.2) is 0 Å². The summed E-state index contributed by atoms with van der Waals surface area (Å²) in [6.45, 7) is 2.82. The summed E-state index contributed by atoms with van der Waals surface area (Å²) in [7, 11) is 0. The van der Waals surface area contributed by atoms with Gasteiger partial charge in [-0.2, -0.15) is 13.2 Å². The SMILES string of the molecule is CCc1nnsc1C(=O)NC(C)(C1CC1)C(F)(F)F. The van der Waals surface area contributed by atoms with Crippen LogP contribution in [0.3, 0.4) is 0 Å². The second-order valence-corrected chi connectivity index (χ2v) is 5.58. The van der Waals surface area contributed by atoms with E-state index in [0.717, 1.165) is 18.5 Å². The third kappa shape index (κ3) is 2.58. The van der Waals surface area contributed by atoms with Crippen LogP contribution in [0.1, 0.15) is 42.1 Å². The molecule has 2 rings (SSSR count). The summed E-state index contributed by atoms with van der Waals surface area (Å²) in [5.74, 6) is -1.28. The van der Waals surface area contributed by atoms with Crippen LogP contribution >= 0.6 is 11.5 Å². The highest BCUT2D eigenvalue weighted by Crippen LogP contribution is 2.48. The lowest BCUT2D eigenvalue weighted by atomic mass is 9.94. The van der Waals surface area contributed by atoms with Crippen molar-refractivity contribution in [3.63, 3.8) is 0 Å². The summed E-state index contributed by atoms with van der Waals surface area (Å²) in [6, 6.07) is 0. The van der Waals surface area contributed by atoms with E-state index in [2.05, 4.69) is 14.9 Å². The average molecular weight is 293 g/mol. The Kier molecular flexibility index (Phi) is 3.55. The lowest BCUT2D eigenvalue weighted by molar-refractivity contribution is -0.194. The normalized spacial score (nSPS) is 19.0. The topological polar surface area (TPSA) is 54.9 Å². The lowest BCUT2D eigenvalue weighted by Gasteiger charge is -2.33. The van der Waals surface area contributed by atoms with Gasteiger partial charge < -0.3 is 5.32 Å². The summed E-state index contributed by atoms with van der Waals surface area (Å²) in [5, 5.41) is 5.87. The molecule has 1 unspecified atom stereocenters. The summed E-state index contributed by atoms with van der Waals surface area (Å²) in [6.07, 6.45) is -3.03. The molecule has 0 bridgehead atoms. The molecule has 4 nitrogen and oxygen atoms in total. The molecule has 0 aromatic carbocycles. The second kappa shape index (κ2) is 4.73. The maximum atomic E-state index is 13.1. The molecule has 1 aromatic rings. The fourth-order valence-corrected chi connectivity index (χ4v) is 2.62. The van der Waals surface area contributed by atoms with Crippen LogP contribution < -0.4 is 5.32 Å². The Balaban J connectivity index is 2.21. The van der Waals surface area contributed by atoms with E-state index >= 15 is 0 Å². The van der Waals surface area contributed by atoms with Gasteiger partial charge in [0, 0.05) is 0 Å². The third-order valence-corrected chi connectivity index (χ3v) is 4.22. The van der Waals surface area contributed by atoms with Gasteiger partial charge in [-0.15, -0.1) is 5.10 Å².